The third-order valence-electron chi connectivity index (χ3n) is 12.4. The molecule has 0 spiro atoms. The molecule has 1 heterocycles. The van der Waals surface area contributed by atoms with Crippen LogP contribution in [0.4, 0.5) is 0 Å². The summed E-state index contributed by atoms with van der Waals surface area (Å²) in [4.78, 5) is 16.0. The van der Waals surface area contributed by atoms with Crippen molar-refractivity contribution < 1.29 is 0 Å². The number of benzene rings is 9. The molecule has 0 aliphatic carbocycles. The zero-order chi connectivity index (χ0) is 42.5. The van der Waals surface area contributed by atoms with Gasteiger partial charge in [-0.05, 0) is 61.6 Å². The fourth-order valence-electron chi connectivity index (χ4n) is 9.49. The van der Waals surface area contributed by atoms with E-state index in [-0.39, 0.29) is 0 Å². The van der Waals surface area contributed by atoms with Gasteiger partial charge in [-0.25, -0.2) is 15.0 Å². The number of hydrogen-bond donors (Lipinski definition) is 0. The average molecular weight is 824 g/mol. The number of aryl methyl sites for hydroxylation is 1. The monoisotopic (exact) mass is 823 g/mol. The highest BCUT2D eigenvalue weighted by molar-refractivity contribution is 7.19. The van der Waals surface area contributed by atoms with Gasteiger partial charge >= 0.3 is 0 Å². The van der Waals surface area contributed by atoms with Crippen molar-refractivity contribution in [1.29, 1.82) is 0 Å². The molecular formula is C59H45N3Si. The smallest absolute Gasteiger partial charge is 0.179 e. The molecule has 0 fully saturated rings. The molecule has 1 aromatic heterocycles. The molecule has 300 valence electrons. The van der Waals surface area contributed by atoms with Crippen LogP contribution in [0.25, 0.3) is 34.2 Å². The van der Waals surface area contributed by atoms with Crippen LogP contribution in [-0.2, 0) is 5.41 Å². The van der Waals surface area contributed by atoms with Gasteiger partial charge in [-0.2, -0.15) is 0 Å². The van der Waals surface area contributed by atoms with Crippen LogP contribution < -0.4 is 20.7 Å². The lowest BCUT2D eigenvalue weighted by atomic mass is 9.65. The first kappa shape index (κ1) is 39.3. The van der Waals surface area contributed by atoms with Gasteiger partial charge in [0.1, 0.15) is 0 Å². The Bertz CT molecular complexity index is 2720. The molecule has 0 aliphatic heterocycles. The maximum absolute atomic E-state index is 5.41. The summed E-state index contributed by atoms with van der Waals surface area (Å²) >= 11 is 0. The van der Waals surface area contributed by atoms with E-state index in [0.29, 0.717) is 17.5 Å². The topological polar surface area (TPSA) is 38.7 Å². The predicted octanol–water partition coefficient (Wildman–Crippen LogP) is 10.9. The zero-order valence-corrected chi connectivity index (χ0v) is 36.1. The summed E-state index contributed by atoms with van der Waals surface area (Å²) in [6.45, 7) is 2.12. The quantitative estimate of drug-likeness (QED) is 0.0963. The summed E-state index contributed by atoms with van der Waals surface area (Å²) in [5, 5.41) is 5.19. The number of nitrogens with zero attached hydrogens (tertiary/aromatic N) is 3. The second kappa shape index (κ2) is 17.3. The largest absolute Gasteiger partial charge is 0.208 e. The fraction of sp³-hybridized carbons (Fsp3) is 0.0339. The van der Waals surface area contributed by atoms with E-state index >= 15 is 0 Å². The SMILES string of the molecule is Cc1ccccc1-c1nc(-c2cccc(C(c3ccccc3)(c3ccccc3)c3ccccc3)c2)nc(-c2cccc([Si](c3ccccc3)(c3ccccc3)c3ccccc3)c2)n1. The molecule has 0 saturated carbocycles. The highest BCUT2D eigenvalue weighted by atomic mass is 28.3. The minimum Gasteiger partial charge on any atom is -0.208 e. The Labute approximate surface area is 371 Å². The lowest BCUT2D eigenvalue weighted by Gasteiger charge is -2.37. The first-order valence-corrected chi connectivity index (χ1v) is 23.5. The van der Waals surface area contributed by atoms with Crippen LogP contribution in [0.1, 0.15) is 27.8 Å². The van der Waals surface area contributed by atoms with E-state index in [0.717, 1.165) is 27.8 Å². The van der Waals surface area contributed by atoms with Crippen LogP contribution in [0.2, 0.25) is 0 Å². The number of aromatic nitrogens is 3. The van der Waals surface area contributed by atoms with E-state index in [2.05, 4.69) is 262 Å². The van der Waals surface area contributed by atoms with E-state index in [1.54, 1.807) is 0 Å². The van der Waals surface area contributed by atoms with Crippen molar-refractivity contribution in [1.82, 2.24) is 15.0 Å². The van der Waals surface area contributed by atoms with Gasteiger partial charge in [-0.3, -0.25) is 0 Å². The Morgan fingerprint density at radius 1 is 0.302 bits per heavy atom. The lowest BCUT2D eigenvalue weighted by Crippen LogP contribution is -2.74. The Balaban J connectivity index is 1.21. The van der Waals surface area contributed by atoms with Crippen molar-refractivity contribution >= 4 is 28.8 Å². The minimum absolute atomic E-state index is 0.617. The fourth-order valence-corrected chi connectivity index (χ4v) is 14.3. The zero-order valence-electron chi connectivity index (χ0n) is 35.1. The van der Waals surface area contributed by atoms with Gasteiger partial charge in [0.15, 0.2) is 25.5 Å². The molecule has 0 radical (unpaired) electrons. The summed E-state index contributed by atoms with van der Waals surface area (Å²) in [5.41, 5.74) is 7.96. The molecule has 0 unspecified atom stereocenters. The predicted molar refractivity (Wildman–Crippen MR) is 263 cm³/mol. The maximum Gasteiger partial charge on any atom is 0.179 e. The molecule has 0 N–H and O–H groups in total. The molecule has 63 heavy (non-hydrogen) atoms. The van der Waals surface area contributed by atoms with Crippen LogP contribution in [0.15, 0.2) is 255 Å². The van der Waals surface area contributed by atoms with E-state index in [1.165, 1.54) is 37.4 Å². The van der Waals surface area contributed by atoms with Gasteiger partial charge in [0.25, 0.3) is 0 Å². The van der Waals surface area contributed by atoms with Gasteiger partial charge in [0.05, 0.1) is 5.41 Å². The van der Waals surface area contributed by atoms with Crippen molar-refractivity contribution in [2.24, 2.45) is 0 Å². The number of rotatable bonds is 11. The molecule has 10 aromatic rings. The van der Waals surface area contributed by atoms with Crippen LogP contribution >= 0.6 is 0 Å². The molecule has 0 saturated heterocycles. The van der Waals surface area contributed by atoms with E-state index < -0.39 is 13.5 Å². The van der Waals surface area contributed by atoms with Gasteiger partial charge in [-0.15, -0.1) is 0 Å². The highest BCUT2D eigenvalue weighted by Crippen LogP contribution is 2.45. The molecule has 3 nitrogen and oxygen atoms in total. The Morgan fingerprint density at radius 3 is 1.11 bits per heavy atom. The molecule has 0 aliphatic rings. The third-order valence-corrected chi connectivity index (χ3v) is 17.1. The van der Waals surface area contributed by atoms with Crippen LogP contribution in [0.5, 0.6) is 0 Å². The van der Waals surface area contributed by atoms with Gasteiger partial charge in [0.2, 0.25) is 0 Å². The van der Waals surface area contributed by atoms with Gasteiger partial charge < -0.3 is 0 Å². The maximum atomic E-state index is 5.41. The van der Waals surface area contributed by atoms with Crippen LogP contribution in [0.3, 0.4) is 0 Å². The summed E-state index contributed by atoms with van der Waals surface area (Å²) in [6.07, 6.45) is 0. The molecular weight excluding hydrogens is 779 g/mol. The van der Waals surface area contributed by atoms with Gasteiger partial charge in [-0.1, -0.05) is 249 Å². The van der Waals surface area contributed by atoms with Crippen molar-refractivity contribution in [3.05, 3.63) is 283 Å². The van der Waals surface area contributed by atoms with Crippen molar-refractivity contribution in [2.45, 2.75) is 12.3 Å². The van der Waals surface area contributed by atoms with E-state index in [9.17, 15) is 0 Å². The molecule has 10 rings (SSSR count). The van der Waals surface area contributed by atoms with Crippen molar-refractivity contribution in [2.75, 3.05) is 0 Å². The Hall–Kier alpha value is -7.79. The number of hydrogen-bond acceptors (Lipinski definition) is 3. The summed E-state index contributed by atoms with van der Waals surface area (Å²) in [7, 11) is -2.82. The first-order valence-electron chi connectivity index (χ1n) is 21.5. The third kappa shape index (κ3) is 7.20. The van der Waals surface area contributed by atoms with Crippen molar-refractivity contribution in [3.63, 3.8) is 0 Å². The molecule has 4 heteroatoms. The summed E-state index contributed by atoms with van der Waals surface area (Å²) < 4.78 is 0. The average Bonchev–Trinajstić information content (AvgIpc) is 3.37. The van der Waals surface area contributed by atoms with E-state index in [1.807, 2.05) is 0 Å². The normalized spacial score (nSPS) is 11.6. The standard InChI is InChI=1S/C59H45N3Si/c1-44-24-20-21-41-55(44)58-61-56(45-25-22-33-50(42-45)59(47-27-8-2-9-28-47,48-29-10-3-11-30-48)49-31-12-4-13-32-49)60-57(62-58)46-26-23-40-54(43-46)63(51-34-14-5-15-35-51,52-36-16-6-17-37-52)53-38-18-7-19-39-53/h2-43H,1H3. The Kier molecular flexibility index (Phi) is 10.8. The summed E-state index contributed by atoms with van der Waals surface area (Å²) in [5.74, 6) is 1.89. The Morgan fingerprint density at radius 2 is 0.651 bits per heavy atom. The lowest BCUT2D eigenvalue weighted by molar-refractivity contribution is 0.745. The second-order valence-electron chi connectivity index (χ2n) is 16.0. The molecule has 0 atom stereocenters. The molecule has 0 amide bonds. The second-order valence-corrected chi connectivity index (χ2v) is 19.8. The van der Waals surface area contributed by atoms with Gasteiger partial charge in [0, 0.05) is 16.7 Å². The molecule has 9 aromatic carbocycles. The van der Waals surface area contributed by atoms with Crippen molar-refractivity contribution in [3.8, 4) is 34.2 Å². The highest BCUT2D eigenvalue weighted by Gasteiger charge is 2.42. The minimum atomic E-state index is -2.82. The van der Waals surface area contributed by atoms with Crippen LogP contribution in [0, 0.1) is 6.92 Å². The first-order chi connectivity index (χ1) is 31.2. The molecule has 0 bridgehead atoms. The van der Waals surface area contributed by atoms with Crippen LogP contribution in [-0.4, -0.2) is 23.0 Å². The van der Waals surface area contributed by atoms with E-state index in [4.69, 9.17) is 15.0 Å². The summed E-state index contributed by atoms with van der Waals surface area (Å²) in [6, 6.07) is 91.6.